The van der Waals surface area contributed by atoms with Crippen LogP contribution in [0.5, 0.6) is 0 Å². The number of alkyl halides is 1. The smallest absolute Gasteiger partial charge is 0.0841 e. The molecule has 0 saturated heterocycles. The second kappa shape index (κ2) is 6.92. The number of aromatic nitrogens is 2. The van der Waals surface area contributed by atoms with Crippen LogP contribution in [-0.4, -0.2) is 21.7 Å². The molecule has 1 aromatic heterocycles. The number of hydrogen-bond donors (Lipinski definition) is 1. The number of rotatable bonds is 7. The lowest BCUT2D eigenvalue weighted by atomic mass is 10.2. The molecule has 1 aromatic carbocycles. The summed E-state index contributed by atoms with van der Waals surface area (Å²) < 4.78 is 2.06. The molecule has 0 bridgehead atoms. The molecule has 0 aliphatic rings. The molecular weight excluding hydrogens is 258 g/mol. The van der Waals surface area contributed by atoms with Gasteiger partial charge in [-0.25, -0.2) is 0 Å². The molecule has 1 unspecified atom stereocenters. The first-order valence-electron chi connectivity index (χ1n) is 7.01. The highest BCUT2D eigenvalue weighted by molar-refractivity contribution is 6.20. The number of nitrogens with one attached hydrogen (secondary N) is 1. The number of fused-ring (bicyclic) bond motifs is 1. The highest BCUT2D eigenvalue weighted by Crippen LogP contribution is 2.18. The quantitative estimate of drug-likeness (QED) is 0.620. The molecule has 0 saturated carbocycles. The molecule has 3 nitrogen and oxygen atoms in total. The molecule has 0 aliphatic heterocycles. The van der Waals surface area contributed by atoms with Crippen molar-refractivity contribution in [1.82, 2.24) is 15.1 Å². The van der Waals surface area contributed by atoms with Crippen molar-refractivity contribution >= 4 is 22.5 Å². The molecular formula is C15H22ClN3. The number of nitrogens with zero attached hydrogens (tertiary/aromatic N) is 2. The predicted molar refractivity (Wildman–Crippen MR) is 81.7 cm³/mol. The Morgan fingerprint density at radius 2 is 2.16 bits per heavy atom. The van der Waals surface area contributed by atoms with E-state index in [1.807, 2.05) is 6.92 Å². The van der Waals surface area contributed by atoms with E-state index < -0.39 is 0 Å². The number of halogens is 1. The number of aryl methyl sites for hydroxylation is 1. The van der Waals surface area contributed by atoms with Gasteiger partial charge in [0.1, 0.15) is 0 Å². The Kier molecular flexibility index (Phi) is 5.23. The highest BCUT2D eigenvalue weighted by atomic mass is 35.5. The lowest BCUT2D eigenvalue weighted by Crippen LogP contribution is -2.16. The Morgan fingerprint density at radius 3 is 2.89 bits per heavy atom. The van der Waals surface area contributed by atoms with E-state index in [-0.39, 0.29) is 5.38 Å². The van der Waals surface area contributed by atoms with Crippen molar-refractivity contribution in [2.24, 2.45) is 0 Å². The van der Waals surface area contributed by atoms with Gasteiger partial charge >= 0.3 is 0 Å². The molecule has 1 heterocycles. The van der Waals surface area contributed by atoms with E-state index in [9.17, 15) is 0 Å². The third-order valence-electron chi connectivity index (χ3n) is 3.28. The summed E-state index contributed by atoms with van der Waals surface area (Å²) in [6, 6.07) is 8.41. The average Bonchev–Trinajstić information content (AvgIpc) is 2.76. The van der Waals surface area contributed by atoms with Gasteiger partial charge in [-0.15, -0.1) is 11.6 Å². The zero-order valence-electron chi connectivity index (χ0n) is 11.7. The minimum Gasteiger partial charge on any atom is -0.311 e. The normalized spacial score (nSPS) is 13.0. The molecule has 1 N–H and O–H groups in total. The molecule has 19 heavy (non-hydrogen) atoms. The minimum absolute atomic E-state index is 0.266. The monoisotopic (exact) mass is 279 g/mol. The first kappa shape index (κ1) is 14.4. The van der Waals surface area contributed by atoms with Gasteiger partial charge < -0.3 is 5.32 Å². The second-order valence-corrected chi connectivity index (χ2v) is 5.62. The van der Waals surface area contributed by atoms with Crippen molar-refractivity contribution in [3.8, 4) is 0 Å². The van der Waals surface area contributed by atoms with Crippen LogP contribution in [0.15, 0.2) is 24.3 Å². The zero-order valence-corrected chi connectivity index (χ0v) is 12.5. The van der Waals surface area contributed by atoms with Crippen molar-refractivity contribution < 1.29 is 0 Å². The van der Waals surface area contributed by atoms with E-state index in [1.54, 1.807) is 0 Å². The van der Waals surface area contributed by atoms with E-state index in [2.05, 4.69) is 46.3 Å². The molecule has 2 rings (SSSR count). The van der Waals surface area contributed by atoms with Crippen LogP contribution < -0.4 is 5.32 Å². The van der Waals surface area contributed by atoms with Gasteiger partial charge in [0.2, 0.25) is 0 Å². The summed E-state index contributed by atoms with van der Waals surface area (Å²) in [4.78, 5) is 0. The molecule has 0 radical (unpaired) electrons. The van der Waals surface area contributed by atoms with Gasteiger partial charge in [-0.2, -0.15) is 5.10 Å². The van der Waals surface area contributed by atoms with Crippen LogP contribution in [0.25, 0.3) is 10.9 Å². The SMILES string of the molecule is CCn1nc(CNCCCC(C)Cl)c2ccccc21. The lowest BCUT2D eigenvalue weighted by Gasteiger charge is -2.04. The van der Waals surface area contributed by atoms with E-state index in [0.717, 1.165) is 38.2 Å². The third-order valence-corrected chi connectivity index (χ3v) is 3.50. The first-order valence-corrected chi connectivity index (χ1v) is 7.45. The summed E-state index contributed by atoms with van der Waals surface area (Å²) in [5.74, 6) is 0. The van der Waals surface area contributed by atoms with Crippen LogP contribution in [0.3, 0.4) is 0 Å². The largest absolute Gasteiger partial charge is 0.311 e. The van der Waals surface area contributed by atoms with Crippen LogP contribution in [0, 0.1) is 0 Å². The first-order chi connectivity index (χ1) is 9.22. The zero-order chi connectivity index (χ0) is 13.7. The summed E-state index contributed by atoms with van der Waals surface area (Å²) in [7, 11) is 0. The lowest BCUT2D eigenvalue weighted by molar-refractivity contribution is 0.599. The fraction of sp³-hybridized carbons (Fsp3) is 0.533. The van der Waals surface area contributed by atoms with Crippen LogP contribution >= 0.6 is 11.6 Å². The Morgan fingerprint density at radius 1 is 1.37 bits per heavy atom. The Balaban J connectivity index is 1.97. The molecule has 0 aliphatic carbocycles. The second-order valence-electron chi connectivity index (χ2n) is 4.88. The van der Waals surface area contributed by atoms with E-state index in [1.165, 1.54) is 10.9 Å². The number of benzene rings is 1. The Hall–Kier alpha value is -1.06. The third kappa shape index (κ3) is 3.71. The molecule has 4 heteroatoms. The molecule has 0 amide bonds. The van der Waals surface area contributed by atoms with Gasteiger partial charge in [0.15, 0.2) is 0 Å². The Bertz CT molecular complexity index is 519. The van der Waals surface area contributed by atoms with Gasteiger partial charge in [-0.3, -0.25) is 4.68 Å². The van der Waals surface area contributed by atoms with Crippen LogP contribution in [0.4, 0.5) is 0 Å². The van der Waals surface area contributed by atoms with Crippen molar-refractivity contribution in [3.05, 3.63) is 30.0 Å². The predicted octanol–water partition coefficient (Wildman–Crippen LogP) is 3.55. The highest BCUT2D eigenvalue weighted by Gasteiger charge is 2.08. The van der Waals surface area contributed by atoms with E-state index in [4.69, 9.17) is 11.6 Å². The van der Waals surface area contributed by atoms with Crippen molar-refractivity contribution in [2.45, 2.75) is 45.2 Å². The Labute approximate surface area is 119 Å². The summed E-state index contributed by atoms with van der Waals surface area (Å²) in [5.41, 5.74) is 2.35. The maximum atomic E-state index is 5.93. The average molecular weight is 280 g/mol. The van der Waals surface area contributed by atoms with Gasteiger partial charge in [0.05, 0.1) is 11.2 Å². The molecule has 2 aromatic rings. The van der Waals surface area contributed by atoms with Gasteiger partial charge in [0, 0.05) is 23.9 Å². The fourth-order valence-electron chi connectivity index (χ4n) is 2.28. The molecule has 0 fully saturated rings. The van der Waals surface area contributed by atoms with Crippen molar-refractivity contribution in [2.75, 3.05) is 6.54 Å². The topological polar surface area (TPSA) is 29.9 Å². The standard InChI is InChI=1S/C15H22ClN3/c1-3-19-15-9-5-4-8-13(15)14(18-19)11-17-10-6-7-12(2)16/h4-5,8-9,12,17H,3,6-7,10-11H2,1-2H3. The number of hydrogen-bond acceptors (Lipinski definition) is 2. The summed E-state index contributed by atoms with van der Waals surface area (Å²) in [5, 5.41) is 9.64. The van der Waals surface area contributed by atoms with E-state index >= 15 is 0 Å². The summed E-state index contributed by atoms with van der Waals surface area (Å²) >= 11 is 5.93. The van der Waals surface area contributed by atoms with Gasteiger partial charge in [0.25, 0.3) is 0 Å². The van der Waals surface area contributed by atoms with Crippen molar-refractivity contribution in [1.29, 1.82) is 0 Å². The van der Waals surface area contributed by atoms with E-state index in [0.29, 0.717) is 0 Å². The van der Waals surface area contributed by atoms with Crippen LogP contribution in [-0.2, 0) is 13.1 Å². The van der Waals surface area contributed by atoms with Gasteiger partial charge in [-0.1, -0.05) is 18.2 Å². The van der Waals surface area contributed by atoms with Crippen LogP contribution in [0.2, 0.25) is 0 Å². The van der Waals surface area contributed by atoms with Crippen molar-refractivity contribution in [3.63, 3.8) is 0 Å². The molecule has 104 valence electrons. The fourth-order valence-corrected chi connectivity index (χ4v) is 2.44. The summed E-state index contributed by atoms with van der Waals surface area (Å²) in [6.07, 6.45) is 2.16. The molecule has 1 atom stereocenters. The maximum absolute atomic E-state index is 5.93. The maximum Gasteiger partial charge on any atom is 0.0841 e. The summed E-state index contributed by atoms with van der Waals surface area (Å²) in [6.45, 7) is 6.88. The molecule has 0 spiro atoms. The minimum atomic E-state index is 0.266. The number of para-hydroxylation sites is 1. The van der Waals surface area contributed by atoms with Gasteiger partial charge in [-0.05, 0) is 39.3 Å². The van der Waals surface area contributed by atoms with Crippen LogP contribution in [0.1, 0.15) is 32.4 Å².